The summed E-state index contributed by atoms with van der Waals surface area (Å²) in [6, 6.07) is 8.07. The maximum Gasteiger partial charge on any atom is 0.337 e. The molecule has 136 valence electrons. The van der Waals surface area contributed by atoms with E-state index in [2.05, 4.69) is 58.4 Å². The van der Waals surface area contributed by atoms with Gasteiger partial charge in [-0.3, -0.25) is 10.1 Å². The summed E-state index contributed by atoms with van der Waals surface area (Å²) in [7, 11) is 1.45. The molecule has 6 nitrogen and oxygen atoms in total. The number of nitrogens with one attached hydrogen (secondary N) is 2. The summed E-state index contributed by atoms with van der Waals surface area (Å²) in [5.41, 5.74) is 0.495. The molecule has 0 aliphatic carbocycles. The zero-order chi connectivity index (χ0) is 19.4. The van der Waals surface area contributed by atoms with Gasteiger partial charge in [0.1, 0.15) is 5.75 Å². The number of methoxy groups -OCH3 is 1. The molecule has 2 aromatic rings. The van der Waals surface area contributed by atoms with Crippen LogP contribution in [0.3, 0.4) is 0 Å². The molecule has 0 aromatic heterocycles. The van der Waals surface area contributed by atoms with Crippen molar-refractivity contribution in [3.05, 3.63) is 54.9 Å². The lowest BCUT2D eigenvalue weighted by atomic mass is 10.2. The van der Waals surface area contributed by atoms with Crippen molar-refractivity contribution in [3.63, 3.8) is 0 Å². The maximum atomic E-state index is 12.5. The van der Waals surface area contributed by atoms with Crippen LogP contribution in [0.25, 0.3) is 0 Å². The standard InChI is InChI=1S/C16H11Br3N2O4S/c1-25-12-3-2-7(17)4-9(12)14(22)21-16(26)20-13-10(15(23)24)5-8(18)6-11(13)19/h2-6H,1H3,(H,23,24)(H2,20,21,22,26). The van der Waals surface area contributed by atoms with E-state index in [9.17, 15) is 14.7 Å². The van der Waals surface area contributed by atoms with Crippen LogP contribution in [0.4, 0.5) is 5.69 Å². The molecule has 0 aliphatic heterocycles. The molecule has 26 heavy (non-hydrogen) atoms. The Balaban J connectivity index is 2.24. The smallest absolute Gasteiger partial charge is 0.337 e. The predicted molar refractivity (Wildman–Crippen MR) is 113 cm³/mol. The van der Waals surface area contributed by atoms with Gasteiger partial charge < -0.3 is 15.2 Å². The van der Waals surface area contributed by atoms with E-state index < -0.39 is 11.9 Å². The number of benzene rings is 2. The zero-order valence-electron chi connectivity index (χ0n) is 13.1. The van der Waals surface area contributed by atoms with Crippen molar-refractivity contribution in [2.75, 3.05) is 12.4 Å². The summed E-state index contributed by atoms with van der Waals surface area (Å²) in [5, 5.41) is 14.5. The summed E-state index contributed by atoms with van der Waals surface area (Å²) in [6.45, 7) is 0. The number of hydrogen-bond acceptors (Lipinski definition) is 4. The van der Waals surface area contributed by atoms with Crippen LogP contribution in [-0.2, 0) is 0 Å². The average molecular weight is 567 g/mol. The molecule has 0 aliphatic rings. The van der Waals surface area contributed by atoms with Crippen LogP contribution in [0, 0.1) is 0 Å². The Hall–Kier alpha value is -1.49. The van der Waals surface area contributed by atoms with Crippen molar-refractivity contribution < 1.29 is 19.4 Å². The monoisotopic (exact) mass is 564 g/mol. The van der Waals surface area contributed by atoms with E-state index in [1.54, 1.807) is 24.3 Å². The molecular weight excluding hydrogens is 556 g/mol. The number of ether oxygens (including phenoxy) is 1. The van der Waals surface area contributed by atoms with Gasteiger partial charge in [-0.15, -0.1) is 0 Å². The number of aromatic carboxylic acids is 1. The fourth-order valence-electron chi connectivity index (χ4n) is 2.04. The number of amides is 1. The summed E-state index contributed by atoms with van der Waals surface area (Å²) >= 11 is 15.0. The van der Waals surface area contributed by atoms with E-state index in [4.69, 9.17) is 17.0 Å². The average Bonchev–Trinajstić information content (AvgIpc) is 2.56. The molecule has 0 saturated heterocycles. The largest absolute Gasteiger partial charge is 0.496 e. The Morgan fingerprint density at radius 2 is 1.73 bits per heavy atom. The molecule has 0 spiro atoms. The van der Waals surface area contributed by atoms with Crippen molar-refractivity contribution in [1.82, 2.24) is 5.32 Å². The fraction of sp³-hybridized carbons (Fsp3) is 0.0625. The Morgan fingerprint density at radius 1 is 1.08 bits per heavy atom. The van der Waals surface area contributed by atoms with Gasteiger partial charge in [0.15, 0.2) is 5.11 Å². The number of hydrogen-bond donors (Lipinski definition) is 3. The number of carboxylic acids is 1. The van der Waals surface area contributed by atoms with E-state index in [0.29, 0.717) is 19.2 Å². The Morgan fingerprint density at radius 3 is 2.35 bits per heavy atom. The van der Waals surface area contributed by atoms with Crippen LogP contribution in [0.2, 0.25) is 0 Å². The molecule has 0 heterocycles. The molecule has 0 radical (unpaired) electrons. The summed E-state index contributed by atoms with van der Waals surface area (Å²) < 4.78 is 6.93. The lowest BCUT2D eigenvalue weighted by Crippen LogP contribution is -2.34. The van der Waals surface area contributed by atoms with Gasteiger partial charge in [0.25, 0.3) is 5.91 Å². The molecule has 2 aromatic carbocycles. The first-order chi connectivity index (χ1) is 12.2. The molecule has 1 amide bonds. The number of carbonyl (C=O) groups excluding carboxylic acids is 1. The topological polar surface area (TPSA) is 87.7 Å². The molecule has 3 N–H and O–H groups in total. The summed E-state index contributed by atoms with van der Waals surface area (Å²) in [5.74, 6) is -1.26. The molecule has 0 saturated carbocycles. The highest BCUT2D eigenvalue weighted by Gasteiger charge is 2.18. The van der Waals surface area contributed by atoms with Crippen molar-refractivity contribution in [2.45, 2.75) is 0 Å². The number of halogens is 3. The highest BCUT2D eigenvalue weighted by molar-refractivity contribution is 9.11. The van der Waals surface area contributed by atoms with E-state index in [-0.39, 0.29) is 21.9 Å². The Kier molecular flexibility index (Phi) is 7.16. The third kappa shape index (κ3) is 5.03. The third-order valence-corrected chi connectivity index (χ3v) is 4.94. The Bertz CT molecular complexity index is 905. The molecule has 0 fully saturated rings. The molecule has 0 atom stereocenters. The predicted octanol–water partition coefficient (Wildman–Crippen LogP) is 4.81. The molecule has 10 heteroatoms. The Labute approximate surface area is 179 Å². The van der Waals surface area contributed by atoms with Gasteiger partial charge in [0.05, 0.1) is 23.9 Å². The van der Waals surface area contributed by atoms with Crippen molar-refractivity contribution in [3.8, 4) is 5.75 Å². The first-order valence-corrected chi connectivity index (χ1v) is 9.70. The quantitative estimate of drug-likeness (QED) is 0.461. The molecule has 0 bridgehead atoms. The summed E-state index contributed by atoms with van der Waals surface area (Å²) in [4.78, 5) is 23.9. The zero-order valence-corrected chi connectivity index (χ0v) is 18.7. The number of thiocarbonyl (C=S) groups is 1. The van der Waals surface area contributed by atoms with Gasteiger partial charge in [-0.1, -0.05) is 31.9 Å². The molecule has 2 rings (SSSR count). The van der Waals surface area contributed by atoms with Crippen LogP contribution in [-0.4, -0.2) is 29.2 Å². The maximum absolute atomic E-state index is 12.5. The lowest BCUT2D eigenvalue weighted by Gasteiger charge is -2.15. The van der Waals surface area contributed by atoms with Gasteiger partial charge in [-0.25, -0.2) is 4.79 Å². The second-order valence-electron chi connectivity index (χ2n) is 4.87. The first kappa shape index (κ1) is 20.8. The van der Waals surface area contributed by atoms with Crippen LogP contribution in [0.5, 0.6) is 5.75 Å². The van der Waals surface area contributed by atoms with Crippen molar-refractivity contribution >= 4 is 82.7 Å². The minimum absolute atomic E-state index is 0.0112. The number of carboxylic acid groups (broad SMARTS) is 1. The summed E-state index contributed by atoms with van der Waals surface area (Å²) in [6.07, 6.45) is 0. The minimum Gasteiger partial charge on any atom is -0.496 e. The van der Waals surface area contributed by atoms with Gasteiger partial charge >= 0.3 is 5.97 Å². The van der Waals surface area contributed by atoms with E-state index in [0.717, 1.165) is 0 Å². The number of carbonyl (C=O) groups is 2. The van der Waals surface area contributed by atoms with Gasteiger partial charge in [-0.2, -0.15) is 0 Å². The van der Waals surface area contributed by atoms with Crippen molar-refractivity contribution in [1.29, 1.82) is 0 Å². The third-order valence-electron chi connectivity index (χ3n) is 3.16. The van der Waals surface area contributed by atoms with Crippen LogP contribution in [0.1, 0.15) is 20.7 Å². The van der Waals surface area contributed by atoms with Crippen LogP contribution in [0.15, 0.2) is 43.7 Å². The van der Waals surface area contributed by atoms with E-state index >= 15 is 0 Å². The van der Waals surface area contributed by atoms with Gasteiger partial charge in [-0.05, 0) is 58.5 Å². The van der Waals surface area contributed by atoms with Gasteiger partial charge in [0, 0.05) is 13.4 Å². The van der Waals surface area contributed by atoms with Crippen LogP contribution < -0.4 is 15.4 Å². The first-order valence-electron chi connectivity index (χ1n) is 6.91. The minimum atomic E-state index is -1.14. The number of rotatable bonds is 4. The highest BCUT2D eigenvalue weighted by Crippen LogP contribution is 2.31. The second-order valence-corrected chi connectivity index (χ2v) is 7.96. The molecule has 0 unspecified atom stereocenters. The van der Waals surface area contributed by atoms with Gasteiger partial charge in [0.2, 0.25) is 0 Å². The second kappa shape index (κ2) is 8.94. The van der Waals surface area contributed by atoms with E-state index in [1.807, 2.05) is 0 Å². The van der Waals surface area contributed by atoms with Crippen molar-refractivity contribution in [2.24, 2.45) is 0 Å². The highest BCUT2D eigenvalue weighted by atomic mass is 79.9. The normalized spacial score (nSPS) is 10.2. The number of anilines is 1. The molecular formula is C16H11Br3N2O4S. The SMILES string of the molecule is COc1ccc(Br)cc1C(=O)NC(=S)Nc1c(Br)cc(Br)cc1C(=O)O. The lowest BCUT2D eigenvalue weighted by molar-refractivity contribution is 0.0697. The van der Waals surface area contributed by atoms with E-state index in [1.165, 1.54) is 13.2 Å². The van der Waals surface area contributed by atoms with Crippen LogP contribution >= 0.6 is 60.0 Å². The fourth-order valence-corrected chi connectivity index (χ4v) is 3.92.